The van der Waals surface area contributed by atoms with E-state index < -0.39 is 35.4 Å². The highest BCUT2D eigenvalue weighted by Crippen LogP contribution is 2.13. The highest BCUT2D eigenvalue weighted by Gasteiger charge is 2.17. The van der Waals surface area contributed by atoms with Crippen LogP contribution in [-0.4, -0.2) is 16.9 Å². The number of hydrogen-bond donors (Lipinski definition) is 1. The summed E-state index contributed by atoms with van der Waals surface area (Å²) in [6.45, 7) is 0. The first-order valence-electron chi connectivity index (χ1n) is 3.71. The van der Waals surface area contributed by atoms with Gasteiger partial charge in [-0.15, -0.1) is 0 Å². The van der Waals surface area contributed by atoms with E-state index in [-0.39, 0.29) is 0 Å². The molecule has 0 fully saturated rings. The molecule has 0 radical (unpaired) electrons. The summed E-state index contributed by atoms with van der Waals surface area (Å²) in [6, 6.07) is 3.05. The number of benzene rings is 1. The van der Waals surface area contributed by atoms with E-state index in [9.17, 15) is 18.4 Å². The molecule has 0 unspecified atom stereocenters. The Kier molecular flexibility index (Phi) is 2.91. The van der Waals surface area contributed by atoms with Crippen LogP contribution >= 0.6 is 0 Å². The Bertz CT molecular complexity index is 388. The maximum Gasteiger partial charge on any atom is 0.311 e. The van der Waals surface area contributed by atoms with Crippen molar-refractivity contribution in [3.05, 3.63) is 35.4 Å². The van der Waals surface area contributed by atoms with Gasteiger partial charge in [0.1, 0.15) is 6.42 Å². The molecule has 0 aliphatic carbocycles. The molecule has 1 aromatic rings. The Hall–Kier alpha value is -1.78. The number of aliphatic carboxylic acids is 1. The zero-order valence-electron chi connectivity index (χ0n) is 6.96. The Morgan fingerprint density at radius 3 is 2.50 bits per heavy atom. The van der Waals surface area contributed by atoms with Crippen LogP contribution in [0.25, 0.3) is 0 Å². The maximum absolute atomic E-state index is 12.9. The van der Waals surface area contributed by atoms with Crippen molar-refractivity contribution in [3.8, 4) is 0 Å². The molecule has 74 valence electrons. The predicted octanol–water partition coefficient (Wildman–Crippen LogP) is 1.62. The second-order valence-corrected chi connectivity index (χ2v) is 2.60. The third-order valence-electron chi connectivity index (χ3n) is 1.56. The molecule has 3 nitrogen and oxygen atoms in total. The third-order valence-corrected chi connectivity index (χ3v) is 1.56. The van der Waals surface area contributed by atoms with Crippen molar-refractivity contribution < 1.29 is 23.5 Å². The minimum atomic E-state index is -1.38. The lowest BCUT2D eigenvalue weighted by Gasteiger charge is -2.00. The first-order chi connectivity index (χ1) is 6.52. The third kappa shape index (κ3) is 2.12. The van der Waals surface area contributed by atoms with Crippen molar-refractivity contribution in [1.82, 2.24) is 0 Å². The average molecular weight is 200 g/mol. The van der Waals surface area contributed by atoms with E-state index in [2.05, 4.69) is 0 Å². The van der Waals surface area contributed by atoms with Gasteiger partial charge in [0.2, 0.25) is 0 Å². The Morgan fingerprint density at radius 1 is 1.29 bits per heavy atom. The molecule has 0 bridgehead atoms. The maximum atomic E-state index is 12.9. The molecule has 1 N–H and O–H groups in total. The van der Waals surface area contributed by atoms with E-state index in [4.69, 9.17) is 5.11 Å². The van der Waals surface area contributed by atoms with Gasteiger partial charge >= 0.3 is 5.97 Å². The molecule has 0 aromatic heterocycles. The fourth-order valence-electron chi connectivity index (χ4n) is 0.952. The van der Waals surface area contributed by atoms with Gasteiger partial charge in [-0.1, -0.05) is 6.07 Å². The van der Waals surface area contributed by atoms with Gasteiger partial charge in [0.15, 0.2) is 17.4 Å². The van der Waals surface area contributed by atoms with Gasteiger partial charge < -0.3 is 5.11 Å². The van der Waals surface area contributed by atoms with E-state index in [0.29, 0.717) is 0 Å². The van der Waals surface area contributed by atoms with Gasteiger partial charge in [0.05, 0.1) is 5.56 Å². The summed E-state index contributed by atoms with van der Waals surface area (Å²) >= 11 is 0. The van der Waals surface area contributed by atoms with Crippen LogP contribution in [0.1, 0.15) is 16.8 Å². The summed E-state index contributed by atoms with van der Waals surface area (Å²) in [5.74, 6) is -4.80. The van der Waals surface area contributed by atoms with Crippen molar-refractivity contribution in [3.63, 3.8) is 0 Å². The van der Waals surface area contributed by atoms with Crippen LogP contribution in [0.15, 0.2) is 18.2 Å². The number of carboxylic acid groups (broad SMARTS) is 1. The average Bonchev–Trinajstić information content (AvgIpc) is 2.08. The van der Waals surface area contributed by atoms with Gasteiger partial charge in [-0.05, 0) is 12.1 Å². The van der Waals surface area contributed by atoms with Crippen LogP contribution in [0.2, 0.25) is 0 Å². The topological polar surface area (TPSA) is 54.4 Å². The van der Waals surface area contributed by atoms with E-state index in [0.717, 1.165) is 18.2 Å². The smallest absolute Gasteiger partial charge is 0.311 e. The van der Waals surface area contributed by atoms with Gasteiger partial charge in [-0.3, -0.25) is 9.59 Å². The molecule has 1 aromatic carbocycles. The molecular formula is C9H6F2O3. The highest BCUT2D eigenvalue weighted by molar-refractivity contribution is 6.05. The molecule has 1 rings (SSSR count). The van der Waals surface area contributed by atoms with E-state index >= 15 is 0 Å². The number of carboxylic acids is 1. The largest absolute Gasteiger partial charge is 0.481 e. The van der Waals surface area contributed by atoms with Crippen LogP contribution in [0.5, 0.6) is 0 Å². The van der Waals surface area contributed by atoms with Crippen molar-refractivity contribution in [2.45, 2.75) is 6.42 Å². The minimum Gasteiger partial charge on any atom is -0.481 e. The van der Waals surface area contributed by atoms with Crippen LogP contribution in [0, 0.1) is 11.6 Å². The van der Waals surface area contributed by atoms with E-state index in [1.54, 1.807) is 0 Å². The minimum absolute atomic E-state index is 0.535. The molecule has 0 atom stereocenters. The lowest BCUT2D eigenvalue weighted by molar-refractivity contribution is -0.135. The van der Waals surface area contributed by atoms with Gasteiger partial charge in [-0.25, -0.2) is 8.78 Å². The summed E-state index contributed by atoms with van der Waals surface area (Å²) in [6.07, 6.45) is -0.847. The van der Waals surface area contributed by atoms with Gasteiger partial charge in [0.25, 0.3) is 0 Å². The second kappa shape index (κ2) is 3.95. The number of carbonyl (C=O) groups excluding carboxylic acids is 1. The zero-order valence-corrected chi connectivity index (χ0v) is 6.96. The Morgan fingerprint density at radius 2 is 1.93 bits per heavy atom. The molecule has 0 aliphatic heterocycles. The first kappa shape index (κ1) is 10.3. The molecule has 0 spiro atoms. The zero-order chi connectivity index (χ0) is 10.7. The van der Waals surface area contributed by atoms with Gasteiger partial charge in [0, 0.05) is 0 Å². The van der Waals surface area contributed by atoms with Crippen molar-refractivity contribution in [1.29, 1.82) is 0 Å². The van der Waals surface area contributed by atoms with Crippen molar-refractivity contribution in [2.24, 2.45) is 0 Å². The summed E-state index contributed by atoms with van der Waals surface area (Å²) in [7, 11) is 0. The monoisotopic (exact) mass is 200 g/mol. The van der Waals surface area contributed by atoms with Crippen molar-refractivity contribution >= 4 is 11.8 Å². The quantitative estimate of drug-likeness (QED) is 0.595. The second-order valence-electron chi connectivity index (χ2n) is 2.60. The SMILES string of the molecule is O=C(O)CC(=O)c1cccc(F)c1F. The number of rotatable bonds is 3. The molecule has 14 heavy (non-hydrogen) atoms. The molecule has 0 aliphatic rings. The van der Waals surface area contributed by atoms with Crippen LogP contribution in [0.4, 0.5) is 8.78 Å². The summed E-state index contributed by atoms with van der Waals surface area (Å²) in [4.78, 5) is 21.2. The fourth-order valence-corrected chi connectivity index (χ4v) is 0.952. The van der Waals surface area contributed by atoms with E-state index in [1.807, 2.05) is 0 Å². The summed E-state index contributed by atoms with van der Waals surface area (Å²) in [5.41, 5.74) is -0.535. The first-order valence-corrected chi connectivity index (χ1v) is 3.71. The number of carbonyl (C=O) groups is 2. The molecule has 0 amide bonds. The lowest BCUT2D eigenvalue weighted by atomic mass is 10.1. The van der Waals surface area contributed by atoms with Crippen LogP contribution in [-0.2, 0) is 4.79 Å². The Balaban J connectivity index is 3.01. The highest BCUT2D eigenvalue weighted by atomic mass is 19.2. The van der Waals surface area contributed by atoms with Crippen LogP contribution in [0.3, 0.4) is 0 Å². The molecule has 0 saturated carbocycles. The number of ketones is 1. The Labute approximate surface area is 78.0 Å². The van der Waals surface area contributed by atoms with Crippen LogP contribution < -0.4 is 0 Å². The molecular weight excluding hydrogens is 194 g/mol. The lowest BCUT2D eigenvalue weighted by Crippen LogP contribution is -2.09. The fraction of sp³-hybridized carbons (Fsp3) is 0.111. The predicted molar refractivity (Wildman–Crippen MR) is 42.9 cm³/mol. The van der Waals surface area contributed by atoms with E-state index in [1.165, 1.54) is 0 Å². The van der Waals surface area contributed by atoms with Gasteiger partial charge in [-0.2, -0.15) is 0 Å². The standard InChI is InChI=1S/C9H6F2O3/c10-6-3-1-2-5(9(6)11)7(12)4-8(13)14/h1-3H,4H2,(H,13,14). The number of Topliss-reactive ketones (excluding diaryl/α,β-unsaturated/α-hetero) is 1. The number of halogens is 2. The number of hydrogen-bond acceptors (Lipinski definition) is 2. The molecule has 0 saturated heterocycles. The van der Waals surface area contributed by atoms with Crippen molar-refractivity contribution in [2.75, 3.05) is 0 Å². The molecule has 0 heterocycles. The molecule has 5 heteroatoms. The normalized spacial score (nSPS) is 9.86. The summed E-state index contributed by atoms with van der Waals surface area (Å²) in [5, 5.41) is 8.27. The summed E-state index contributed by atoms with van der Waals surface area (Å²) < 4.78 is 25.5.